The van der Waals surface area contributed by atoms with Crippen LogP contribution in [-0.4, -0.2) is 39.5 Å². The molecule has 2 nitrogen and oxygen atoms in total. The van der Waals surface area contributed by atoms with E-state index >= 15 is 0 Å². The molecule has 1 rings (SSSR count). The van der Waals surface area contributed by atoms with Gasteiger partial charge in [-0.05, 0) is 37.7 Å². The van der Waals surface area contributed by atoms with E-state index in [2.05, 4.69) is 58.8 Å². The fourth-order valence-electron chi connectivity index (χ4n) is 1.57. The molecule has 0 saturated heterocycles. The van der Waals surface area contributed by atoms with Crippen LogP contribution in [0.4, 0.5) is 0 Å². The van der Waals surface area contributed by atoms with Gasteiger partial charge in [-0.25, -0.2) is 0 Å². The predicted molar refractivity (Wildman–Crippen MR) is 73.3 cm³/mol. The third-order valence-corrected chi connectivity index (χ3v) is 8.53. The maximum Gasteiger partial charge on any atom is 0.192 e. The highest BCUT2D eigenvalue weighted by Gasteiger charge is 2.37. The van der Waals surface area contributed by atoms with E-state index < -0.39 is 8.32 Å². The van der Waals surface area contributed by atoms with E-state index in [1.54, 1.807) is 0 Å². The van der Waals surface area contributed by atoms with Crippen molar-refractivity contribution in [3.05, 3.63) is 11.6 Å². The van der Waals surface area contributed by atoms with Gasteiger partial charge < -0.3 is 4.43 Å². The number of hydrogen-bond donors (Lipinski definition) is 0. The van der Waals surface area contributed by atoms with Crippen molar-refractivity contribution >= 4 is 8.32 Å². The van der Waals surface area contributed by atoms with E-state index in [0.717, 1.165) is 13.2 Å². The first-order valence-corrected chi connectivity index (χ1v) is 9.08. The standard InChI is InChI=1S/C13H27NOSi/c1-11-8-12(9-14(11)5)10-15-16(6,7)13(2,3)4/h8,11H,9-10H2,1-7H3. The minimum absolute atomic E-state index is 0.309. The summed E-state index contributed by atoms with van der Waals surface area (Å²) in [6.45, 7) is 15.6. The average Bonchev–Trinajstić information content (AvgIpc) is 2.41. The topological polar surface area (TPSA) is 12.5 Å². The Balaban J connectivity index is 2.50. The minimum Gasteiger partial charge on any atom is -0.413 e. The number of rotatable bonds is 3. The number of hydrogen-bond acceptors (Lipinski definition) is 2. The smallest absolute Gasteiger partial charge is 0.192 e. The van der Waals surface area contributed by atoms with Gasteiger partial charge in [-0.1, -0.05) is 26.8 Å². The Bertz CT molecular complexity index is 278. The van der Waals surface area contributed by atoms with Crippen molar-refractivity contribution < 1.29 is 4.43 Å². The molecule has 1 unspecified atom stereocenters. The van der Waals surface area contributed by atoms with Crippen LogP contribution in [0.2, 0.25) is 18.1 Å². The number of nitrogens with zero attached hydrogens (tertiary/aromatic N) is 1. The quantitative estimate of drug-likeness (QED) is 0.555. The van der Waals surface area contributed by atoms with Crippen LogP contribution >= 0.6 is 0 Å². The highest BCUT2D eigenvalue weighted by molar-refractivity contribution is 6.74. The molecule has 0 N–H and O–H groups in total. The van der Waals surface area contributed by atoms with E-state index in [9.17, 15) is 0 Å². The maximum atomic E-state index is 6.22. The first kappa shape index (κ1) is 13.9. The van der Waals surface area contributed by atoms with Crippen LogP contribution in [0, 0.1) is 0 Å². The van der Waals surface area contributed by atoms with Crippen molar-refractivity contribution in [3.8, 4) is 0 Å². The summed E-state index contributed by atoms with van der Waals surface area (Å²) >= 11 is 0. The van der Waals surface area contributed by atoms with E-state index in [1.165, 1.54) is 5.57 Å². The largest absolute Gasteiger partial charge is 0.413 e. The Labute approximate surface area is 102 Å². The molecule has 0 aromatic carbocycles. The van der Waals surface area contributed by atoms with Gasteiger partial charge in [0.1, 0.15) is 0 Å². The zero-order valence-electron chi connectivity index (χ0n) is 11.9. The lowest BCUT2D eigenvalue weighted by Gasteiger charge is -2.36. The minimum atomic E-state index is -1.58. The van der Waals surface area contributed by atoms with Gasteiger partial charge >= 0.3 is 0 Å². The van der Waals surface area contributed by atoms with Crippen molar-refractivity contribution in [1.82, 2.24) is 4.90 Å². The second kappa shape index (κ2) is 4.63. The Kier molecular flexibility index (Phi) is 4.03. The predicted octanol–water partition coefficient (Wildman–Crippen LogP) is 3.27. The fourth-order valence-corrected chi connectivity index (χ4v) is 2.55. The van der Waals surface area contributed by atoms with Crippen LogP contribution in [0.1, 0.15) is 27.7 Å². The molecule has 0 saturated carbocycles. The van der Waals surface area contributed by atoms with Gasteiger partial charge in [-0.2, -0.15) is 0 Å². The molecule has 1 aliphatic heterocycles. The first-order chi connectivity index (χ1) is 7.13. The van der Waals surface area contributed by atoms with Crippen LogP contribution in [0.15, 0.2) is 11.6 Å². The molecule has 1 heterocycles. The normalized spacial score (nSPS) is 23.7. The molecule has 3 heteroatoms. The molecule has 0 fully saturated rings. The average molecular weight is 241 g/mol. The van der Waals surface area contributed by atoms with Crippen LogP contribution in [0.3, 0.4) is 0 Å². The molecule has 0 radical (unpaired) electrons. The summed E-state index contributed by atoms with van der Waals surface area (Å²) in [5.74, 6) is 0. The van der Waals surface area contributed by atoms with Gasteiger partial charge in [0.25, 0.3) is 0 Å². The molecule has 0 amide bonds. The van der Waals surface area contributed by atoms with Crippen molar-refractivity contribution in [2.75, 3.05) is 20.2 Å². The van der Waals surface area contributed by atoms with Gasteiger partial charge in [0, 0.05) is 12.6 Å². The van der Waals surface area contributed by atoms with E-state index in [0.29, 0.717) is 11.1 Å². The molecule has 0 spiro atoms. The van der Waals surface area contributed by atoms with Gasteiger partial charge in [0.15, 0.2) is 8.32 Å². The molecule has 0 bridgehead atoms. The first-order valence-electron chi connectivity index (χ1n) is 6.17. The summed E-state index contributed by atoms with van der Waals surface area (Å²) in [7, 11) is 0.591. The summed E-state index contributed by atoms with van der Waals surface area (Å²) < 4.78 is 6.22. The van der Waals surface area contributed by atoms with E-state index in [4.69, 9.17) is 4.43 Å². The van der Waals surface area contributed by atoms with Crippen molar-refractivity contribution in [2.24, 2.45) is 0 Å². The maximum absolute atomic E-state index is 6.22. The van der Waals surface area contributed by atoms with Gasteiger partial charge in [-0.3, -0.25) is 4.90 Å². The second-order valence-electron chi connectivity index (χ2n) is 6.53. The van der Waals surface area contributed by atoms with E-state index in [-0.39, 0.29) is 0 Å². The number of likely N-dealkylation sites (N-methyl/N-ethyl adjacent to an activating group) is 1. The monoisotopic (exact) mass is 241 g/mol. The molecule has 0 aromatic rings. The van der Waals surface area contributed by atoms with E-state index in [1.807, 2.05) is 0 Å². The van der Waals surface area contributed by atoms with Crippen LogP contribution < -0.4 is 0 Å². The third kappa shape index (κ3) is 3.19. The molecule has 1 aliphatic rings. The van der Waals surface area contributed by atoms with Gasteiger partial charge in [0.05, 0.1) is 6.61 Å². The molecule has 94 valence electrons. The van der Waals surface area contributed by atoms with Crippen molar-refractivity contribution in [2.45, 2.75) is 51.9 Å². The Hall–Kier alpha value is -0.123. The summed E-state index contributed by atoms with van der Waals surface area (Å²) in [5, 5.41) is 0.309. The highest BCUT2D eigenvalue weighted by atomic mass is 28.4. The van der Waals surface area contributed by atoms with Gasteiger partial charge in [0.2, 0.25) is 0 Å². The Morgan fingerprint density at radius 3 is 2.38 bits per heavy atom. The molecule has 0 aliphatic carbocycles. The Morgan fingerprint density at radius 1 is 1.44 bits per heavy atom. The fraction of sp³-hybridized carbons (Fsp3) is 0.846. The lowest BCUT2D eigenvalue weighted by atomic mass is 10.2. The molecule has 1 atom stereocenters. The summed E-state index contributed by atoms with van der Waals surface area (Å²) in [5.41, 5.74) is 1.44. The molecular weight excluding hydrogens is 214 g/mol. The molecule has 0 aromatic heterocycles. The molecular formula is C13H27NOSi. The zero-order chi connectivity index (χ0) is 12.6. The lowest BCUT2D eigenvalue weighted by molar-refractivity contribution is 0.300. The lowest BCUT2D eigenvalue weighted by Crippen LogP contribution is -2.41. The summed E-state index contributed by atoms with van der Waals surface area (Å²) in [6.07, 6.45) is 2.34. The Morgan fingerprint density at radius 2 is 2.00 bits per heavy atom. The van der Waals surface area contributed by atoms with Gasteiger partial charge in [-0.15, -0.1) is 0 Å². The summed E-state index contributed by atoms with van der Waals surface area (Å²) in [4.78, 5) is 2.35. The van der Waals surface area contributed by atoms with Crippen LogP contribution in [0.5, 0.6) is 0 Å². The van der Waals surface area contributed by atoms with Crippen molar-refractivity contribution in [3.63, 3.8) is 0 Å². The summed E-state index contributed by atoms with van der Waals surface area (Å²) in [6, 6.07) is 0.568. The molecule has 16 heavy (non-hydrogen) atoms. The van der Waals surface area contributed by atoms with Crippen molar-refractivity contribution in [1.29, 1.82) is 0 Å². The highest BCUT2D eigenvalue weighted by Crippen LogP contribution is 2.36. The van der Waals surface area contributed by atoms with Crippen LogP contribution in [0.25, 0.3) is 0 Å². The third-order valence-electron chi connectivity index (χ3n) is 4.05. The zero-order valence-corrected chi connectivity index (χ0v) is 12.9. The van der Waals surface area contributed by atoms with Crippen LogP contribution in [-0.2, 0) is 4.43 Å². The SMILES string of the molecule is CC1C=C(CO[Si](C)(C)C(C)(C)C)CN1C. The second-order valence-corrected chi connectivity index (χ2v) is 11.3.